The molecule has 146 valence electrons. The number of nitrogens with zero attached hydrogens (tertiary/aromatic N) is 4. The predicted octanol–water partition coefficient (Wildman–Crippen LogP) is 1.79. The average molecular weight is 370 g/mol. The van der Waals surface area contributed by atoms with Gasteiger partial charge in [-0.2, -0.15) is 0 Å². The Bertz CT molecular complexity index is 677. The fraction of sp³-hybridized carbons (Fsp3) is 0.619. The van der Waals surface area contributed by atoms with Crippen LogP contribution >= 0.6 is 0 Å². The Morgan fingerprint density at radius 3 is 2.37 bits per heavy atom. The van der Waals surface area contributed by atoms with Crippen LogP contribution < -0.4 is 10.2 Å². The summed E-state index contributed by atoms with van der Waals surface area (Å²) in [4.78, 5) is 23.7. The number of anilines is 1. The molecule has 27 heavy (non-hydrogen) atoms. The lowest BCUT2D eigenvalue weighted by Crippen LogP contribution is -2.52. The van der Waals surface area contributed by atoms with E-state index >= 15 is 0 Å². The fourth-order valence-electron chi connectivity index (χ4n) is 4.65. The number of hydrogen-bond donors (Lipinski definition) is 1. The Hall–Kier alpha value is -2.24. The van der Waals surface area contributed by atoms with Gasteiger partial charge in [0.15, 0.2) is 5.96 Å². The van der Waals surface area contributed by atoms with Crippen molar-refractivity contribution in [2.75, 3.05) is 57.8 Å². The molecule has 4 rings (SSSR count). The van der Waals surface area contributed by atoms with Crippen molar-refractivity contribution >= 4 is 17.6 Å². The van der Waals surface area contributed by atoms with Crippen molar-refractivity contribution in [3.63, 3.8) is 0 Å². The minimum atomic E-state index is 0.168. The molecule has 0 bridgehead atoms. The Balaban J connectivity index is 1.23. The molecule has 6 heteroatoms. The Kier molecular flexibility index (Phi) is 5.23. The highest BCUT2D eigenvalue weighted by Crippen LogP contribution is 2.47. The zero-order valence-corrected chi connectivity index (χ0v) is 16.4. The van der Waals surface area contributed by atoms with Gasteiger partial charge in [-0.05, 0) is 36.8 Å². The number of hydrogen-bond acceptors (Lipinski definition) is 3. The van der Waals surface area contributed by atoms with Gasteiger partial charge < -0.3 is 20.0 Å². The first-order valence-electron chi connectivity index (χ1n) is 10.2. The van der Waals surface area contributed by atoms with Gasteiger partial charge in [-0.25, -0.2) is 0 Å². The highest BCUT2D eigenvalue weighted by molar-refractivity contribution is 5.86. The van der Waals surface area contributed by atoms with Gasteiger partial charge in [0, 0.05) is 52.0 Å². The van der Waals surface area contributed by atoms with Crippen molar-refractivity contribution in [2.45, 2.75) is 25.7 Å². The third-order valence-corrected chi connectivity index (χ3v) is 6.52. The summed E-state index contributed by atoms with van der Waals surface area (Å²) in [5.41, 5.74) is 1.78. The van der Waals surface area contributed by atoms with Gasteiger partial charge in [-0.15, -0.1) is 0 Å². The van der Waals surface area contributed by atoms with Crippen molar-refractivity contribution in [1.82, 2.24) is 15.1 Å². The minimum absolute atomic E-state index is 0.168. The first kappa shape index (κ1) is 18.1. The highest BCUT2D eigenvalue weighted by atomic mass is 16.2. The Labute approximate surface area is 162 Å². The molecule has 3 fully saturated rings. The average Bonchev–Trinajstić information content (AvgIpc) is 3.15. The van der Waals surface area contributed by atoms with Crippen LogP contribution in [0.4, 0.5) is 5.69 Å². The molecule has 0 radical (unpaired) electrons. The maximum absolute atomic E-state index is 12.6. The van der Waals surface area contributed by atoms with Crippen LogP contribution in [0.3, 0.4) is 0 Å². The van der Waals surface area contributed by atoms with Crippen molar-refractivity contribution in [1.29, 1.82) is 0 Å². The molecule has 1 spiro atoms. The summed E-state index contributed by atoms with van der Waals surface area (Å²) in [5, 5.41) is 3.31. The number of carbonyl (C=O) groups excluding carboxylic acids is 1. The maximum Gasteiger partial charge on any atom is 0.242 e. The molecular weight excluding hydrogens is 338 g/mol. The summed E-state index contributed by atoms with van der Waals surface area (Å²) in [6.07, 6.45) is 5.34. The number of amides is 1. The summed E-state index contributed by atoms with van der Waals surface area (Å²) in [5.74, 6) is 1.05. The Morgan fingerprint density at radius 2 is 1.78 bits per heavy atom. The molecule has 1 N–H and O–H groups in total. The monoisotopic (exact) mass is 369 g/mol. The lowest BCUT2D eigenvalue weighted by atomic mass is 9.68. The van der Waals surface area contributed by atoms with Crippen LogP contribution in [0.25, 0.3) is 0 Å². The Morgan fingerprint density at radius 1 is 1.04 bits per heavy atom. The van der Waals surface area contributed by atoms with E-state index in [2.05, 4.69) is 44.4 Å². The van der Waals surface area contributed by atoms with Crippen LogP contribution in [-0.2, 0) is 4.79 Å². The van der Waals surface area contributed by atoms with Gasteiger partial charge >= 0.3 is 0 Å². The largest absolute Gasteiger partial charge is 0.368 e. The van der Waals surface area contributed by atoms with E-state index in [4.69, 9.17) is 0 Å². The zero-order chi connectivity index (χ0) is 18.7. The van der Waals surface area contributed by atoms with Crippen LogP contribution in [0, 0.1) is 5.41 Å². The molecule has 2 saturated heterocycles. The third-order valence-electron chi connectivity index (χ3n) is 6.52. The number of benzene rings is 1. The maximum atomic E-state index is 12.6. The summed E-state index contributed by atoms with van der Waals surface area (Å²) >= 11 is 0. The van der Waals surface area contributed by atoms with Gasteiger partial charge in [0.1, 0.15) is 0 Å². The van der Waals surface area contributed by atoms with E-state index in [0.717, 1.165) is 45.2 Å². The molecule has 6 nitrogen and oxygen atoms in total. The molecule has 0 aromatic heterocycles. The third kappa shape index (κ3) is 3.89. The summed E-state index contributed by atoms with van der Waals surface area (Å²) < 4.78 is 0. The van der Waals surface area contributed by atoms with Crippen LogP contribution in [0.1, 0.15) is 25.7 Å². The molecule has 1 amide bonds. The number of guanidine groups is 1. The highest BCUT2D eigenvalue weighted by Gasteiger charge is 2.43. The van der Waals surface area contributed by atoms with E-state index in [1.165, 1.54) is 31.4 Å². The van der Waals surface area contributed by atoms with E-state index in [9.17, 15) is 4.79 Å². The molecule has 0 atom stereocenters. The fourth-order valence-corrected chi connectivity index (χ4v) is 4.65. The van der Waals surface area contributed by atoms with Crippen LogP contribution in [-0.4, -0.2) is 74.5 Å². The molecule has 1 aliphatic carbocycles. The SMILES string of the molecule is CN=C(NCC(=O)N1CCN(c2ccccc2)CC1)N1CCC2(CCC2)C1. The van der Waals surface area contributed by atoms with E-state index in [1.807, 2.05) is 18.0 Å². The van der Waals surface area contributed by atoms with Crippen molar-refractivity contribution in [2.24, 2.45) is 10.4 Å². The van der Waals surface area contributed by atoms with Gasteiger partial charge in [0.05, 0.1) is 6.54 Å². The summed E-state index contributed by atoms with van der Waals surface area (Å²) in [6, 6.07) is 10.4. The molecule has 2 heterocycles. The van der Waals surface area contributed by atoms with E-state index in [1.54, 1.807) is 0 Å². The molecular formula is C21H31N5O. The van der Waals surface area contributed by atoms with Gasteiger partial charge in [0.25, 0.3) is 0 Å². The zero-order valence-electron chi connectivity index (χ0n) is 16.4. The van der Waals surface area contributed by atoms with Gasteiger partial charge in [-0.3, -0.25) is 9.79 Å². The van der Waals surface area contributed by atoms with Gasteiger partial charge in [-0.1, -0.05) is 24.6 Å². The standard InChI is InChI=1S/C21H31N5O/c1-22-20(26-11-10-21(17-26)8-5-9-21)23-16-19(27)25-14-12-24(13-15-25)18-6-3-2-4-7-18/h2-4,6-7H,5,8-17H2,1H3,(H,22,23). The first-order chi connectivity index (χ1) is 13.2. The lowest BCUT2D eigenvalue weighted by molar-refractivity contribution is -0.130. The summed E-state index contributed by atoms with van der Waals surface area (Å²) in [6.45, 7) is 5.82. The lowest BCUT2D eigenvalue weighted by Gasteiger charge is -2.38. The van der Waals surface area contributed by atoms with E-state index in [-0.39, 0.29) is 5.91 Å². The van der Waals surface area contributed by atoms with E-state index in [0.29, 0.717) is 12.0 Å². The second-order valence-electron chi connectivity index (χ2n) is 8.13. The topological polar surface area (TPSA) is 51.2 Å². The van der Waals surface area contributed by atoms with Crippen molar-refractivity contribution < 1.29 is 4.79 Å². The second-order valence-corrected chi connectivity index (χ2v) is 8.13. The molecule has 3 aliphatic rings. The van der Waals surface area contributed by atoms with Gasteiger partial charge in [0.2, 0.25) is 5.91 Å². The molecule has 1 saturated carbocycles. The van der Waals surface area contributed by atoms with E-state index < -0.39 is 0 Å². The molecule has 0 unspecified atom stereocenters. The van der Waals surface area contributed by atoms with Crippen molar-refractivity contribution in [3.05, 3.63) is 30.3 Å². The van der Waals surface area contributed by atoms with Crippen LogP contribution in [0.15, 0.2) is 35.3 Å². The second kappa shape index (κ2) is 7.79. The number of nitrogens with one attached hydrogen (secondary N) is 1. The number of aliphatic imine (C=N–C) groups is 1. The molecule has 2 aliphatic heterocycles. The normalized spacial score (nSPS) is 22.1. The molecule has 1 aromatic carbocycles. The van der Waals surface area contributed by atoms with Crippen LogP contribution in [0.2, 0.25) is 0 Å². The molecule has 1 aromatic rings. The number of rotatable bonds is 3. The van der Waals surface area contributed by atoms with Crippen LogP contribution in [0.5, 0.6) is 0 Å². The first-order valence-corrected chi connectivity index (χ1v) is 10.2. The summed E-state index contributed by atoms with van der Waals surface area (Å²) in [7, 11) is 1.82. The number of likely N-dealkylation sites (tertiary alicyclic amines) is 1. The smallest absolute Gasteiger partial charge is 0.242 e. The van der Waals surface area contributed by atoms with Crippen molar-refractivity contribution in [3.8, 4) is 0 Å². The number of para-hydroxylation sites is 1. The number of piperazine rings is 1. The minimum Gasteiger partial charge on any atom is -0.368 e. The number of carbonyl (C=O) groups is 1. The quantitative estimate of drug-likeness (QED) is 0.652. The predicted molar refractivity (Wildman–Crippen MR) is 109 cm³/mol.